The van der Waals surface area contributed by atoms with Gasteiger partial charge < -0.3 is 14.3 Å². The maximum Gasteiger partial charge on any atom is 0.371 e. The number of nitrogens with zero attached hydrogens (tertiary/aromatic N) is 1. The maximum atomic E-state index is 12.3. The highest BCUT2D eigenvalue weighted by atomic mass is 79.9. The van der Waals surface area contributed by atoms with Crippen molar-refractivity contribution < 1.29 is 32.3 Å². The van der Waals surface area contributed by atoms with Gasteiger partial charge in [-0.05, 0) is 22.9 Å². The van der Waals surface area contributed by atoms with Crippen LogP contribution in [0, 0.1) is 0 Å². The topological polar surface area (TPSA) is 114 Å². The molecule has 1 aromatic rings. The molecule has 0 atom stereocenters. The molecule has 0 radical (unpaired) electrons. The Hall–Kier alpha value is -1.39. The van der Waals surface area contributed by atoms with E-state index in [0.717, 1.165) is 10.4 Å². The van der Waals surface area contributed by atoms with Gasteiger partial charge in [0.15, 0.2) is 4.67 Å². The van der Waals surface area contributed by atoms with Gasteiger partial charge in [-0.1, -0.05) is 0 Å². The van der Waals surface area contributed by atoms with Crippen molar-refractivity contribution in [3.8, 4) is 0 Å². The predicted molar refractivity (Wildman–Crippen MR) is 74.4 cm³/mol. The van der Waals surface area contributed by atoms with Gasteiger partial charge in [-0.15, -0.1) is 0 Å². The average Bonchev–Trinajstić information content (AvgIpc) is 2.79. The zero-order chi connectivity index (χ0) is 16.2. The number of carboxylic acids is 1. The van der Waals surface area contributed by atoms with Crippen molar-refractivity contribution >= 4 is 37.9 Å². The molecule has 21 heavy (non-hydrogen) atoms. The van der Waals surface area contributed by atoms with E-state index in [-0.39, 0.29) is 29.1 Å². The third-order valence-electron chi connectivity index (χ3n) is 2.49. The number of furan rings is 1. The summed E-state index contributed by atoms with van der Waals surface area (Å²) in [5.74, 6) is -2.40. The summed E-state index contributed by atoms with van der Waals surface area (Å²) in [4.78, 5) is 21.7. The van der Waals surface area contributed by atoms with E-state index in [1.807, 2.05) is 0 Å². The van der Waals surface area contributed by atoms with Gasteiger partial charge in [0.25, 0.3) is 0 Å². The zero-order valence-corrected chi connectivity index (χ0v) is 13.7. The number of sulfonamides is 1. The molecule has 0 aliphatic carbocycles. The number of aromatic carboxylic acids is 1. The Morgan fingerprint density at radius 1 is 1.48 bits per heavy atom. The lowest BCUT2D eigenvalue weighted by molar-refractivity contribution is -0.143. The van der Waals surface area contributed by atoms with Gasteiger partial charge in [0, 0.05) is 19.7 Å². The molecule has 10 heteroatoms. The first-order valence-corrected chi connectivity index (χ1v) is 8.08. The van der Waals surface area contributed by atoms with Gasteiger partial charge in [0.1, 0.15) is 4.90 Å². The molecule has 1 aromatic heterocycles. The van der Waals surface area contributed by atoms with Crippen molar-refractivity contribution in [2.75, 3.05) is 20.2 Å². The Balaban J connectivity index is 2.90. The molecular formula is C11H14BrNO7S. The third kappa shape index (κ3) is 4.29. The standard InChI is InChI=1S/C11H14BrNO7S/c1-3-19-9(14)4-5-13(2)21(17,18)8-6-7(11(15)16)20-10(8)12/h6H,3-5H2,1-2H3,(H,15,16). The SMILES string of the molecule is CCOC(=O)CCN(C)S(=O)(=O)c1cc(C(=O)O)oc1Br. The summed E-state index contributed by atoms with van der Waals surface area (Å²) >= 11 is 2.87. The highest BCUT2D eigenvalue weighted by molar-refractivity contribution is 9.10. The molecule has 0 bridgehead atoms. The number of carbonyl (C=O) groups is 2. The summed E-state index contributed by atoms with van der Waals surface area (Å²) in [7, 11) is -2.70. The summed E-state index contributed by atoms with van der Waals surface area (Å²) in [5.41, 5.74) is 0. The highest BCUT2D eigenvalue weighted by Crippen LogP contribution is 2.28. The molecule has 0 aromatic carbocycles. The van der Waals surface area contributed by atoms with Crippen LogP contribution in [0.15, 0.2) is 20.0 Å². The number of halogens is 1. The van der Waals surface area contributed by atoms with Crippen LogP contribution >= 0.6 is 15.9 Å². The van der Waals surface area contributed by atoms with Crippen molar-refractivity contribution in [1.82, 2.24) is 4.31 Å². The van der Waals surface area contributed by atoms with Crippen LogP contribution in [0.4, 0.5) is 0 Å². The molecule has 0 amide bonds. The van der Waals surface area contributed by atoms with Gasteiger partial charge in [-0.2, -0.15) is 0 Å². The molecule has 8 nitrogen and oxygen atoms in total. The van der Waals surface area contributed by atoms with Gasteiger partial charge in [-0.25, -0.2) is 17.5 Å². The van der Waals surface area contributed by atoms with E-state index in [1.165, 1.54) is 7.05 Å². The quantitative estimate of drug-likeness (QED) is 0.705. The molecule has 118 valence electrons. The van der Waals surface area contributed by atoms with Gasteiger partial charge >= 0.3 is 11.9 Å². The smallest absolute Gasteiger partial charge is 0.371 e. The van der Waals surface area contributed by atoms with E-state index >= 15 is 0 Å². The molecule has 0 saturated heterocycles. The summed E-state index contributed by atoms with van der Waals surface area (Å²) in [6.45, 7) is 1.76. The zero-order valence-electron chi connectivity index (χ0n) is 11.3. The Kier molecular flexibility index (Phi) is 5.93. The third-order valence-corrected chi connectivity index (χ3v) is 5.20. The minimum Gasteiger partial charge on any atom is -0.475 e. The summed E-state index contributed by atoms with van der Waals surface area (Å²) in [5, 5.41) is 8.78. The van der Waals surface area contributed by atoms with Crippen LogP contribution < -0.4 is 0 Å². The van der Waals surface area contributed by atoms with Crippen LogP contribution in [-0.2, 0) is 19.6 Å². The lowest BCUT2D eigenvalue weighted by atomic mass is 10.4. The number of carbonyl (C=O) groups excluding carboxylic acids is 1. The Labute approximate surface area is 129 Å². The molecule has 0 aliphatic heterocycles. The van der Waals surface area contributed by atoms with Crippen molar-refractivity contribution in [3.05, 3.63) is 16.5 Å². The normalized spacial score (nSPS) is 11.6. The number of carboxylic acid groups (broad SMARTS) is 1. The predicted octanol–water partition coefficient (Wildman–Crippen LogP) is 1.31. The molecule has 1 N–H and O–H groups in total. The van der Waals surface area contributed by atoms with E-state index in [4.69, 9.17) is 14.3 Å². The minimum atomic E-state index is -3.97. The maximum absolute atomic E-state index is 12.3. The van der Waals surface area contributed by atoms with Crippen LogP contribution in [0.3, 0.4) is 0 Å². The first-order chi connectivity index (χ1) is 9.70. The molecule has 1 heterocycles. The van der Waals surface area contributed by atoms with Crippen molar-refractivity contribution in [3.63, 3.8) is 0 Å². The molecule has 0 spiro atoms. The number of hydrogen-bond acceptors (Lipinski definition) is 6. The Bertz CT molecular complexity index is 637. The lowest BCUT2D eigenvalue weighted by Gasteiger charge is -2.15. The van der Waals surface area contributed by atoms with E-state index in [9.17, 15) is 18.0 Å². The Morgan fingerprint density at radius 3 is 2.57 bits per heavy atom. The van der Waals surface area contributed by atoms with Crippen LogP contribution in [0.25, 0.3) is 0 Å². The molecule has 0 saturated carbocycles. The van der Waals surface area contributed by atoms with E-state index in [1.54, 1.807) is 6.92 Å². The number of ether oxygens (including phenoxy) is 1. The van der Waals surface area contributed by atoms with Crippen molar-refractivity contribution in [2.45, 2.75) is 18.2 Å². The van der Waals surface area contributed by atoms with E-state index in [0.29, 0.717) is 0 Å². The number of hydrogen-bond donors (Lipinski definition) is 1. The lowest BCUT2D eigenvalue weighted by Crippen LogP contribution is -2.29. The fourth-order valence-corrected chi connectivity index (χ4v) is 3.47. The molecule has 0 unspecified atom stereocenters. The molecule has 0 aliphatic rings. The average molecular weight is 384 g/mol. The summed E-state index contributed by atoms with van der Waals surface area (Å²) in [6.07, 6.45) is -0.106. The van der Waals surface area contributed by atoms with Gasteiger partial charge in [0.2, 0.25) is 15.8 Å². The second kappa shape index (κ2) is 7.05. The fourth-order valence-electron chi connectivity index (χ4n) is 1.40. The first-order valence-electron chi connectivity index (χ1n) is 5.84. The van der Waals surface area contributed by atoms with Crippen LogP contribution in [-0.4, -0.2) is 50.0 Å². The highest BCUT2D eigenvalue weighted by Gasteiger charge is 2.28. The second-order valence-electron chi connectivity index (χ2n) is 3.94. The van der Waals surface area contributed by atoms with Crippen LogP contribution in [0.2, 0.25) is 0 Å². The number of esters is 1. The monoisotopic (exact) mass is 383 g/mol. The van der Waals surface area contributed by atoms with Gasteiger partial charge in [0.05, 0.1) is 13.0 Å². The largest absolute Gasteiger partial charge is 0.475 e. The van der Waals surface area contributed by atoms with Crippen LogP contribution in [0.1, 0.15) is 23.9 Å². The minimum absolute atomic E-state index is 0.0960. The van der Waals surface area contributed by atoms with Gasteiger partial charge in [-0.3, -0.25) is 4.79 Å². The van der Waals surface area contributed by atoms with E-state index in [2.05, 4.69) is 15.9 Å². The van der Waals surface area contributed by atoms with Crippen molar-refractivity contribution in [2.24, 2.45) is 0 Å². The molecule has 0 fully saturated rings. The molecule has 1 rings (SSSR count). The van der Waals surface area contributed by atoms with E-state index < -0.39 is 27.7 Å². The summed E-state index contributed by atoms with van der Waals surface area (Å²) in [6, 6.07) is 0.905. The molecular weight excluding hydrogens is 370 g/mol. The second-order valence-corrected chi connectivity index (χ2v) is 6.67. The first kappa shape index (κ1) is 17.7. The van der Waals surface area contributed by atoms with Crippen LogP contribution in [0.5, 0.6) is 0 Å². The Morgan fingerprint density at radius 2 is 2.10 bits per heavy atom. The van der Waals surface area contributed by atoms with Crippen molar-refractivity contribution in [1.29, 1.82) is 0 Å². The summed E-state index contributed by atoms with van der Waals surface area (Å²) < 4.78 is 34.7. The fraction of sp³-hybridized carbons (Fsp3) is 0.455. The number of rotatable bonds is 7.